The number of nitrogens with one attached hydrogen (secondary N) is 1. The van der Waals surface area contributed by atoms with Gasteiger partial charge < -0.3 is 5.73 Å². The highest BCUT2D eigenvalue weighted by molar-refractivity contribution is 9.08. The Bertz CT molecular complexity index is 590. The summed E-state index contributed by atoms with van der Waals surface area (Å²) in [6.07, 6.45) is 0. The molecule has 0 aliphatic rings. The molecule has 0 aromatic heterocycles. The Labute approximate surface area is 107 Å². The molecule has 86 valence electrons. The molecule has 1 amide bonds. The summed E-state index contributed by atoms with van der Waals surface area (Å²) >= 11 is 2.81. The van der Waals surface area contributed by atoms with Crippen LogP contribution in [0.3, 0.4) is 0 Å². The van der Waals surface area contributed by atoms with Crippen molar-refractivity contribution < 1.29 is 4.79 Å². The SMILES string of the molecule is N/C(=N\Br)NC(=O)c1cccc2ccccc12. The van der Waals surface area contributed by atoms with Crippen molar-refractivity contribution >= 4 is 38.8 Å². The van der Waals surface area contributed by atoms with Gasteiger partial charge in [0.2, 0.25) is 5.96 Å². The number of fused-ring (bicyclic) bond motifs is 1. The first kappa shape index (κ1) is 11.6. The van der Waals surface area contributed by atoms with E-state index in [1.807, 2.05) is 36.4 Å². The minimum absolute atomic E-state index is 0.0305. The fourth-order valence-electron chi connectivity index (χ4n) is 1.63. The number of benzene rings is 2. The quantitative estimate of drug-likeness (QED) is 0.625. The number of hydrogen-bond acceptors (Lipinski definition) is 2. The van der Waals surface area contributed by atoms with E-state index in [2.05, 4.69) is 25.5 Å². The Morgan fingerprint density at radius 2 is 1.88 bits per heavy atom. The van der Waals surface area contributed by atoms with Crippen molar-refractivity contribution in [3.8, 4) is 0 Å². The number of amides is 1. The third-order valence-corrected chi connectivity index (χ3v) is 2.75. The van der Waals surface area contributed by atoms with Gasteiger partial charge in [0.15, 0.2) is 0 Å². The summed E-state index contributed by atoms with van der Waals surface area (Å²) in [5.74, 6) is -0.245. The second-order valence-corrected chi connectivity index (χ2v) is 3.81. The Hall–Kier alpha value is -1.88. The van der Waals surface area contributed by atoms with E-state index in [-0.39, 0.29) is 11.9 Å². The summed E-state index contributed by atoms with van der Waals surface area (Å²) < 4.78 is 3.51. The van der Waals surface area contributed by atoms with E-state index in [9.17, 15) is 4.79 Å². The molecule has 0 radical (unpaired) electrons. The fraction of sp³-hybridized carbons (Fsp3) is 0. The van der Waals surface area contributed by atoms with E-state index >= 15 is 0 Å². The van der Waals surface area contributed by atoms with Crippen molar-refractivity contribution in [2.24, 2.45) is 9.75 Å². The van der Waals surface area contributed by atoms with E-state index < -0.39 is 0 Å². The Morgan fingerprint density at radius 3 is 2.65 bits per heavy atom. The third kappa shape index (κ3) is 2.45. The fourth-order valence-corrected chi connectivity index (χ4v) is 1.72. The van der Waals surface area contributed by atoms with Gasteiger partial charge in [-0.2, -0.15) is 4.02 Å². The maximum Gasteiger partial charge on any atom is 0.258 e. The van der Waals surface area contributed by atoms with E-state index in [1.54, 1.807) is 6.07 Å². The van der Waals surface area contributed by atoms with Gasteiger partial charge in [-0.1, -0.05) is 36.4 Å². The lowest BCUT2D eigenvalue weighted by atomic mass is 10.0. The second kappa shape index (κ2) is 4.97. The summed E-state index contributed by atoms with van der Waals surface area (Å²) in [6, 6.07) is 13.2. The number of carbonyl (C=O) groups is 1. The smallest absolute Gasteiger partial charge is 0.258 e. The largest absolute Gasteiger partial charge is 0.369 e. The Morgan fingerprint density at radius 1 is 1.18 bits per heavy atom. The van der Waals surface area contributed by atoms with E-state index in [1.165, 1.54) is 0 Å². The number of halogens is 1. The molecule has 2 rings (SSSR count). The highest BCUT2D eigenvalue weighted by atomic mass is 79.9. The molecular formula is C12H10BrN3O. The average Bonchev–Trinajstić information content (AvgIpc) is 2.37. The van der Waals surface area contributed by atoms with Gasteiger partial charge in [-0.3, -0.25) is 10.1 Å². The highest BCUT2D eigenvalue weighted by Gasteiger charge is 2.09. The van der Waals surface area contributed by atoms with Gasteiger partial charge in [0.1, 0.15) is 0 Å². The van der Waals surface area contributed by atoms with Crippen molar-refractivity contribution in [2.45, 2.75) is 0 Å². The van der Waals surface area contributed by atoms with Crippen molar-refractivity contribution in [2.75, 3.05) is 0 Å². The van der Waals surface area contributed by atoms with E-state index in [0.717, 1.165) is 10.8 Å². The van der Waals surface area contributed by atoms with Crippen molar-refractivity contribution in [1.29, 1.82) is 0 Å². The van der Waals surface area contributed by atoms with Crippen LogP contribution in [0.1, 0.15) is 10.4 Å². The topological polar surface area (TPSA) is 67.5 Å². The molecule has 4 nitrogen and oxygen atoms in total. The number of carbonyl (C=O) groups excluding carboxylic acids is 1. The van der Waals surface area contributed by atoms with Gasteiger partial charge in [-0.05, 0) is 16.8 Å². The monoisotopic (exact) mass is 291 g/mol. The summed E-state index contributed by atoms with van der Waals surface area (Å²) in [5, 5.41) is 4.37. The maximum atomic E-state index is 11.9. The lowest BCUT2D eigenvalue weighted by Gasteiger charge is -2.06. The first-order chi connectivity index (χ1) is 8.22. The minimum Gasteiger partial charge on any atom is -0.369 e. The standard InChI is InChI=1S/C12H10BrN3O/c13-16-12(14)15-11(17)10-7-3-5-8-4-1-2-6-9(8)10/h1-7H,(H3,14,15,16,17). The average molecular weight is 292 g/mol. The normalized spacial score (nSPS) is 11.5. The van der Waals surface area contributed by atoms with Crippen molar-refractivity contribution in [3.63, 3.8) is 0 Å². The van der Waals surface area contributed by atoms with Gasteiger partial charge in [0.05, 0.1) is 16.1 Å². The zero-order valence-corrected chi connectivity index (χ0v) is 10.4. The summed E-state index contributed by atoms with van der Waals surface area (Å²) in [4.78, 5) is 11.9. The van der Waals surface area contributed by atoms with Gasteiger partial charge in [-0.25, -0.2) is 0 Å². The lowest BCUT2D eigenvalue weighted by molar-refractivity contribution is 0.0978. The van der Waals surface area contributed by atoms with Crippen LogP contribution in [0.2, 0.25) is 0 Å². The van der Waals surface area contributed by atoms with Crippen LogP contribution < -0.4 is 11.1 Å². The van der Waals surface area contributed by atoms with Crippen molar-refractivity contribution in [3.05, 3.63) is 48.0 Å². The van der Waals surface area contributed by atoms with Crippen LogP contribution in [0.15, 0.2) is 46.5 Å². The molecule has 0 spiro atoms. The molecule has 0 saturated heterocycles. The molecule has 2 aromatic carbocycles. The second-order valence-electron chi connectivity index (χ2n) is 3.45. The predicted molar refractivity (Wildman–Crippen MR) is 72.0 cm³/mol. The molecule has 0 unspecified atom stereocenters. The first-order valence-corrected chi connectivity index (χ1v) is 5.67. The van der Waals surface area contributed by atoms with Crippen LogP contribution in [-0.4, -0.2) is 11.9 Å². The molecule has 0 aliphatic heterocycles. The zero-order valence-electron chi connectivity index (χ0n) is 8.85. The van der Waals surface area contributed by atoms with Gasteiger partial charge in [0, 0.05) is 5.56 Å². The number of nitrogens with two attached hydrogens (primary N) is 1. The van der Waals surface area contributed by atoms with Crippen LogP contribution in [-0.2, 0) is 0 Å². The Kier molecular flexibility index (Phi) is 3.39. The molecule has 0 bridgehead atoms. The lowest BCUT2D eigenvalue weighted by Crippen LogP contribution is -2.36. The zero-order chi connectivity index (χ0) is 12.3. The number of rotatable bonds is 1. The molecular weight excluding hydrogens is 282 g/mol. The molecule has 0 atom stereocenters. The molecule has 0 fully saturated rings. The molecule has 0 saturated carbocycles. The van der Waals surface area contributed by atoms with E-state index in [0.29, 0.717) is 5.56 Å². The van der Waals surface area contributed by atoms with Crippen molar-refractivity contribution in [1.82, 2.24) is 5.32 Å². The maximum absolute atomic E-state index is 11.9. The number of nitrogens with zero attached hydrogens (tertiary/aromatic N) is 1. The van der Waals surface area contributed by atoms with E-state index in [4.69, 9.17) is 5.73 Å². The van der Waals surface area contributed by atoms with Crippen LogP contribution in [0.5, 0.6) is 0 Å². The molecule has 3 N–H and O–H groups in total. The van der Waals surface area contributed by atoms with Gasteiger partial charge >= 0.3 is 0 Å². The van der Waals surface area contributed by atoms with Crippen LogP contribution >= 0.6 is 16.1 Å². The van der Waals surface area contributed by atoms with Gasteiger partial charge in [0.25, 0.3) is 5.91 Å². The minimum atomic E-state index is -0.275. The molecule has 17 heavy (non-hydrogen) atoms. The number of guanidine groups is 1. The number of hydrogen-bond donors (Lipinski definition) is 2. The first-order valence-electron chi connectivity index (χ1n) is 4.96. The predicted octanol–water partition coefficient (Wildman–Crippen LogP) is 2.19. The van der Waals surface area contributed by atoms with Gasteiger partial charge in [-0.15, -0.1) is 0 Å². The summed E-state index contributed by atoms with van der Waals surface area (Å²) in [6.45, 7) is 0. The van der Waals surface area contributed by atoms with Crippen LogP contribution in [0, 0.1) is 0 Å². The highest BCUT2D eigenvalue weighted by Crippen LogP contribution is 2.18. The molecule has 5 heteroatoms. The molecule has 0 heterocycles. The van der Waals surface area contributed by atoms with Crippen LogP contribution in [0.25, 0.3) is 10.8 Å². The van der Waals surface area contributed by atoms with Crippen LogP contribution in [0.4, 0.5) is 0 Å². The molecule has 2 aromatic rings. The summed E-state index contributed by atoms with van der Waals surface area (Å²) in [7, 11) is 0. The summed E-state index contributed by atoms with van der Waals surface area (Å²) in [5.41, 5.74) is 6.00. The Balaban J connectivity index is 2.45. The third-order valence-electron chi connectivity index (χ3n) is 2.37. The molecule has 0 aliphatic carbocycles.